The number of phosphoric acid groups is 2. The van der Waals surface area contributed by atoms with Gasteiger partial charge in [-0.05, 0) is 161 Å². The van der Waals surface area contributed by atoms with Crippen LogP contribution in [0.5, 0.6) is 0 Å². The Bertz CT molecular complexity index is 2540. The molecule has 0 fully saturated rings. The number of aliphatic hydroxyl groups excluding tert-OH is 1. The topological polar surface area (TPSA) is 237 Å². The van der Waals surface area contributed by atoms with Gasteiger partial charge in [0.2, 0.25) is 0 Å². The Balaban J connectivity index is 5.40. The molecule has 0 aromatic rings. The third kappa shape index (κ3) is 75.2. The van der Waals surface area contributed by atoms with E-state index in [1.807, 2.05) is 0 Å². The zero-order valence-electron chi connectivity index (χ0n) is 64.9. The minimum absolute atomic E-state index is 0.0693. The molecule has 19 heteroatoms. The monoisotopic (exact) mass is 1500 g/mol. The Morgan fingerprint density at radius 1 is 0.279 bits per heavy atom. The molecule has 0 aliphatic rings. The van der Waals surface area contributed by atoms with Crippen molar-refractivity contribution in [2.24, 2.45) is 0 Å². The molecule has 0 aliphatic carbocycles. The molecule has 0 saturated carbocycles. The number of phosphoric ester groups is 2. The van der Waals surface area contributed by atoms with Gasteiger partial charge in [-0.15, -0.1) is 0 Å². The summed E-state index contributed by atoms with van der Waals surface area (Å²) in [5.41, 5.74) is 0. The molecule has 0 aromatic carbocycles. The minimum atomic E-state index is -4.99. The zero-order chi connectivity index (χ0) is 76.0. The first-order valence-corrected chi connectivity index (χ1v) is 43.1. The number of carbonyl (C=O) groups is 4. The fraction of sp³-hybridized carbons (Fsp3) is 0.671. The summed E-state index contributed by atoms with van der Waals surface area (Å²) in [6.45, 7) is 4.49. The summed E-state index contributed by atoms with van der Waals surface area (Å²) in [6, 6.07) is 0. The summed E-state index contributed by atoms with van der Waals surface area (Å²) in [5.74, 6) is -2.25. The Morgan fingerprint density at radius 3 is 0.808 bits per heavy atom. The maximum atomic E-state index is 13.1. The highest BCUT2D eigenvalue weighted by Gasteiger charge is 2.30. The van der Waals surface area contributed by atoms with Gasteiger partial charge in [-0.1, -0.05) is 270 Å². The molecule has 104 heavy (non-hydrogen) atoms. The number of hydrogen-bond donors (Lipinski definition) is 3. The van der Waals surface area contributed by atoms with Gasteiger partial charge in [0.15, 0.2) is 12.2 Å². The quantitative estimate of drug-likeness (QED) is 0.0169. The molecule has 5 atom stereocenters. The second-order valence-corrected chi connectivity index (χ2v) is 29.1. The van der Waals surface area contributed by atoms with E-state index in [9.17, 15) is 43.2 Å². The van der Waals surface area contributed by atoms with Gasteiger partial charge in [-0.2, -0.15) is 0 Å². The van der Waals surface area contributed by atoms with Crippen LogP contribution in [0.25, 0.3) is 0 Å². The molecule has 0 amide bonds. The summed E-state index contributed by atoms with van der Waals surface area (Å²) in [7, 11) is -9.98. The summed E-state index contributed by atoms with van der Waals surface area (Å²) >= 11 is 0. The second-order valence-electron chi connectivity index (χ2n) is 26.2. The maximum absolute atomic E-state index is 13.1. The van der Waals surface area contributed by atoms with Crippen LogP contribution in [0.3, 0.4) is 0 Å². The fourth-order valence-corrected chi connectivity index (χ4v) is 11.8. The molecule has 3 N–H and O–H groups in total. The van der Waals surface area contributed by atoms with Crippen LogP contribution in [0.15, 0.2) is 146 Å². The van der Waals surface area contributed by atoms with Crippen LogP contribution in [0.4, 0.5) is 0 Å². The molecule has 0 aliphatic heterocycles. The van der Waals surface area contributed by atoms with E-state index in [0.29, 0.717) is 25.7 Å². The van der Waals surface area contributed by atoms with Crippen LogP contribution < -0.4 is 0 Å². The van der Waals surface area contributed by atoms with Gasteiger partial charge in [-0.25, -0.2) is 9.13 Å². The lowest BCUT2D eigenvalue weighted by Crippen LogP contribution is -2.30. The van der Waals surface area contributed by atoms with Crippen LogP contribution in [-0.2, 0) is 65.4 Å². The van der Waals surface area contributed by atoms with Crippen molar-refractivity contribution in [3.63, 3.8) is 0 Å². The van der Waals surface area contributed by atoms with E-state index in [2.05, 4.69) is 174 Å². The molecule has 0 saturated heterocycles. The van der Waals surface area contributed by atoms with Crippen LogP contribution >= 0.6 is 15.6 Å². The van der Waals surface area contributed by atoms with Crippen molar-refractivity contribution < 1.29 is 80.2 Å². The van der Waals surface area contributed by atoms with Crippen molar-refractivity contribution >= 4 is 39.5 Å². The van der Waals surface area contributed by atoms with Gasteiger partial charge < -0.3 is 33.8 Å². The van der Waals surface area contributed by atoms with Crippen LogP contribution in [0.1, 0.15) is 310 Å². The maximum Gasteiger partial charge on any atom is 0.472 e. The first-order chi connectivity index (χ1) is 50.7. The molecular formula is C85H142O17P2. The van der Waals surface area contributed by atoms with Crippen molar-refractivity contribution in [2.45, 2.75) is 329 Å². The first kappa shape index (κ1) is 98.9. The molecule has 5 unspecified atom stereocenters. The number of allylic oxidation sites excluding steroid dienone is 24. The molecule has 594 valence electrons. The molecule has 0 rings (SSSR count). The Labute approximate surface area is 630 Å². The number of carbonyl (C=O) groups excluding carboxylic acids is 4. The lowest BCUT2D eigenvalue weighted by molar-refractivity contribution is -0.161. The first-order valence-electron chi connectivity index (χ1n) is 40.1. The van der Waals surface area contributed by atoms with Crippen LogP contribution in [0.2, 0.25) is 0 Å². The third-order valence-corrected chi connectivity index (χ3v) is 18.2. The zero-order valence-corrected chi connectivity index (χ0v) is 66.7. The lowest BCUT2D eigenvalue weighted by atomic mass is 10.1. The molecule has 0 radical (unpaired) electrons. The smallest absolute Gasteiger partial charge is 0.462 e. The molecule has 17 nitrogen and oxygen atoms in total. The van der Waals surface area contributed by atoms with Crippen molar-refractivity contribution in [3.05, 3.63) is 146 Å². The highest BCUT2D eigenvalue weighted by Crippen LogP contribution is 2.45. The summed E-state index contributed by atoms with van der Waals surface area (Å²) in [5, 5.41) is 10.6. The van der Waals surface area contributed by atoms with Crippen LogP contribution in [0, 0.1) is 0 Å². The molecule has 0 spiro atoms. The van der Waals surface area contributed by atoms with Crippen LogP contribution in [-0.4, -0.2) is 96.7 Å². The van der Waals surface area contributed by atoms with E-state index < -0.39 is 97.5 Å². The number of aliphatic hydroxyl groups is 1. The average Bonchev–Trinajstić information content (AvgIpc) is 0.939. The number of hydrogen-bond acceptors (Lipinski definition) is 15. The summed E-state index contributed by atoms with van der Waals surface area (Å²) < 4.78 is 68.6. The minimum Gasteiger partial charge on any atom is -0.462 e. The molecule has 0 aromatic heterocycles. The summed E-state index contributed by atoms with van der Waals surface area (Å²) in [6.07, 6.45) is 86.8. The largest absolute Gasteiger partial charge is 0.472 e. The molecule has 0 heterocycles. The fourth-order valence-electron chi connectivity index (χ4n) is 10.2. The lowest BCUT2D eigenvalue weighted by Gasteiger charge is -2.21. The van der Waals surface area contributed by atoms with E-state index in [1.165, 1.54) is 19.3 Å². The average molecular weight is 1500 g/mol. The summed E-state index contributed by atoms with van der Waals surface area (Å²) in [4.78, 5) is 73.0. The Kier molecular flexibility index (Phi) is 72.4. The van der Waals surface area contributed by atoms with Crippen molar-refractivity contribution in [1.82, 2.24) is 0 Å². The molecular weight excluding hydrogens is 1350 g/mol. The highest BCUT2D eigenvalue weighted by molar-refractivity contribution is 7.47. The van der Waals surface area contributed by atoms with Crippen molar-refractivity contribution in [3.8, 4) is 0 Å². The Hall–Kier alpha value is -5.06. The van der Waals surface area contributed by atoms with Gasteiger partial charge in [0.05, 0.1) is 26.4 Å². The molecule has 0 bridgehead atoms. The predicted octanol–water partition coefficient (Wildman–Crippen LogP) is 23.4. The number of rotatable bonds is 74. The van der Waals surface area contributed by atoms with Crippen molar-refractivity contribution in [1.29, 1.82) is 0 Å². The number of ether oxygens (including phenoxy) is 4. The third-order valence-electron chi connectivity index (χ3n) is 16.2. The second kappa shape index (κ2) is 76.1. The van der Waals surface area contributed by atoms with E-state index in [4.69, 9.17) is 37.0 Å². The van der Waals surface area contributed by atoms with Crippen molar-refractivity contribution in [2.75, 3.05) is 39.6 Å². The predicted molar refractivity (Wildman–Crippen MR) is 427 cm³/mol. The Morgan fingerprint density at radius 2 is 0.519 bits per heavy atom. The van der Waals surface area contributed by atoms with Gasteiger partial charge in [-0.3, -0.25) is 37.3 Å². The van der Waals surface area contributed by atoms with Gasteiger partial charge in [0.25, 0.3) is 0 Å². The van der Waals surface area contributed by atoms with E-state index >= 15 is 0 Å². The number of esters is 4. The number of unbranched alkanes of at least 4 members (excludes halogenated alkanes) is 24. The van der Waals surface area contributed by atoms with E-state index in [1.54, 1.807) is 0 Å². The van der Waals surface area contributed by atoms with E-state index in [0.717, 1.165) is 212 Å². The van der Waals surface area contributed by atoms with Gasteiger partial charge in [0.1, 0.15) is 19.3 Å². The van der Waals surface area contributed by atoms with Gasteiger partial charge in [0, 0.05) is 25.7 Å². The normalized spacial score (nSPS) is 14.6. The highest BCUT2D eigenvalue weighted by atomic mass is 31.2. The van der Waals surface area contributed by atoms with Gasteiger partial charge >= 0.3 is 39.5 Å². The standard InChI is InChI=1S/C85H142O17P2/c1-5-9-13-17-21-25-29-33-36-38-39-41-44-47-50-54-58-62-66-70-83(88)95-75-80(101-84(89)71-67-63-59-55-51-45-32-28-24-20-16-12-8-4)77-99-103(91,92)97-73-79(86)74-98-104(93,94)100-78-81(102-85(90)72-68-64-60-56-52-48-42-35-31-27-23-19-15-11-7-3)76-96-82(87)69-65-61-57-53-49-46-43-40-37-34-30-26-22-18-14-10-6-2/h9-10,13-14,16,20-23,25-28,32-37,39,41-43,46,79-81,86H,5-8,11-12,15,17-19,24,29-31,38,40,44-45,47-78H2,1-4H3,(H,91,92)(H,93,94)/b13-9-,14-10-,20-16-,25-21-,26-22-,27-23-,32-28-,36-33-,37-34-,41-39-,42-35-,46-43-. The van der Waals surface area contributed by atoms with E-state index in [-0.39, 0.29) is 25.7 Å². The SMILES string of the molecule is CC/C=C\C/C=C\C/C=C\C/C=C\CCCCCCCCC(=O)OCC(COP(=O)(O)OCC(O)COP(=O)(O)OCC(COC(=O)CCCCCC/C=C\C/C=C\C/C=C\C/C=C\CC)OC(=O)CCCCCCC/C=C\C/C=C\CCCCC)OC(=O)CCCCCCC/C=C\C/C=C\CCC.